The quantitative estimate of drug-likeness (QED) is 0.773. The number of rotatable bonds is 3. The lowest BCUT2D eigenvalue weighted by atomic mass is 10.2. The van der Waals surface area contributed by atoms with Gasteiger partial charge in [0.05, 0.1) is 19.4 Å². The molecule has 0 saturated carbocycles. The van der Waals surface area contributed by atoms with Crippen molar-refractivity contribution in [2.24, 2.45) is 0 Å². The zero-order valence-electron chi connectivity index (χ0n) is 7.50. The van der Waals surface area contributed by atoms with Gasteiger partial charge in [0.2, 0.25) is 5.88 Å². The van der Waals surface area contributed by atoms with Gasteiger partial charge in [-0.15, -0.1) is 0 Å². The number of aliphatic hydroxyl groups is 1. The van der Waals surface area contributed by atoms with E-state index in [9.17, 15) is 8.78 Å². The van der Waals surface area contributed by atoms with Crippen LogP contribution in [0.2, 0.25) is 0 Å². The highest BCUT2D eigenvalue weighted by atomic mass is 19.3. The van der Waals surface area contributed by atoms with E-state index < -0.39 is 18.7 Å². The molecule has 0 aromatic carbocycles. The average molecular weight is 204 g/mol. The number of aliphatic hydroxyl groups excluding tert-OH is 1. The van der Waals surface area contributed by atoms with Crippen LogP contribution in [0.4, 0.5) is 14.5 Å². The molecule has 0 saturated heterocycles. The smallest absolute Gasteiger partial charge is 0.280 e. The van der Waals surface area contributed by atoms with Gasteiger partial charge in [0.15, 0.2) is 0 Å². The third-order valence-corrected chi connectivity index (χ3v) is 1.70. The number of anilines is 1. The number of pyridine rings is 1. The Balaban J connectivity index is 3.25. The van der Waals surface area contributed by atoms with Gasteiger partial charge < -0.3 is 15.6 Å². The molecule has 0 bridgehead atoms. The normalized spacial score (nSPS) is 10.6. The lowest BCUT2D eigenvalue weighted by Gasteiger charge is -2.09. The second-order valence-electron chi connectivity index (χ2n) is 2.59. The third-order valence-electron chi connectivity index (χ3n) is 1.70. The van der Waals surface area contributed by atoms with Crippen LogP contribution >= 0.6 is 0 Å². The molecule has 0 spiro atoms. The Kier molecular flexibility index (Phi) is 3.19. The van der Waals surface area contributed by atoms with E-state index in [0.29, 0.717) is 0 Å². The van der Waals surface area contributed by atoms with E-state index in [1.165, 1.54) is 13.2 Å². The van der Waals surface area contributed by atoms with E-state index in [0.717, 1.165) is 0 Å². The molecule has 1 heterocycles. The van der Waals surface area contributed by atoms with Gasteiger partial charge in [0.25, 0.3) is 6.43 Å². The van der Waals surface area contributed by atoms with Crippen LogP contribution in [0.1, 0.15) is 17.7 Å². The van der Waals surface area contributed by atoms with Crippen LogP contribution in [0.15, 0.2) is 6.07 Å². The first-order valence-corrected chi connectivity index (χ1v) is 3.82. The lowest BCUT2D eigenvalue weighted by molar-refractivity contribution is 0.140. The summed E-state index contributed by atoms with van der Waals surface area (Å²) in [6.07, 6.45) is -2.76. The van der Waals surface area contributed by atoms with Gasteiger partial charge >= 0.3 is 0 Å². The second-order valence-corrected chi connectivity index (χ2v) is 2.59. The van der Waals surface area contributed by atoms with Crippen LogP contribution < -0.4 is 10.5 Å². The highest BCUT2D eigenvalue weighted by molar-refractivity contribution is 5.51. The zero-order valence-corrected chi connectivity index (χ0v) is 7.50. The van der Waals surface area contributed by atoms with E-state index in [-0.39, 0.29) is 17.1 Å². The summed E-state index contributed by atoms with van der Waals surface area (Å²) in [4.78, 5) is 3.50. The van der Waals surface area contributed by atoms with E-state index in [1.807, 2.05) is 0 Å². The molecule has 0 amide bonds. The van der Waals surface area contributed by atoms with Crippen molar-refractivity contribution in [1.82, 2.24) is 4.98 Å². The summed E-state index contributed by atoms with van der Waals surface area (Å²) in [5, 5.41) is 8.79. The number of nitrogens with two attached hydrogens (primary N) is 1. The number of nitrogens with zero attached hydrogens (tertiary/aromatic N) is 1. The number of alkyl halides is 2. The summed E-state index contributed by atoms with van der Waals surface area (Å²) >= 11 is 0. The largest absolute Gasteiger partial charge is 0.480 e. The van der Waals surface area contributed by atoms with Gasteiger partial charge in [0, 0.05) is 5.56 Å². The van der Waals surface area contributed by atoms with Crippen LogP contribution in [-0.2, 0) is 6.61 Å². The zero-order chi connectivity index (χ0) is 10.7. The van der Waals surface area contributed by atoms with Crippen molar-refractivity contribution in [2.75, 3.05) is 12.8 Å². The third kappa shape index (κ3) is 1.90. The Morgan fingerprint density at radius 2 is 2.29 bits per heavy atom. The van der Waals surface area contributed by atoms with Crippen molar-refractivity contribution in [1.29, 1.82) is 0 Å². The number of hydrogen-bond acceptors (Lipinski definition) is 4. The predicted octanol–water partition coefficient (Wildman–Crippen LogP) is 1.10. The van der Waals surface area contributed by atoms with Crippen molar-refractivity contribution in [3.05, 3.63) is 17.3 Å². The first kappa shape index (κ1) is 10.6. The number of hydrogen-bond donors (Lipinski definition) is 2. The monoisotopic (exact) mass is 204 g/mol. The molecule has 0 radical (unpaired) electrons. The van der Waals surface area contributed by atoms with Gasteiger partial charge in [0.1, 0.15) is 5.69 Å². The van der Waals surface area contributed by atoms with E-state index in [2.05, 4.69) is 9.72 Å². The van der Waals surface area contributed by atoms with Crippen LogP contribution in [0, 0.1) is 0 Å². The first-order valence-electron chi connectivity index (χ1n) is 3.82. The van der Waals surface area contributed by atoms with Gasteiger partial charge in [-0.05, 0) is 6.07 Å². The van der Waals surface area contributed by atoms with Crippen LogP contribution in [-0.4, -0.2) is 17.2 Å². The minimum absolute atomic E-state index is 0.0123. The van der Waals surface area contributed by atoms with E-state index in [4.69, 9.17) is 10.8 Å². The molecule has 3 N–H and O–H groups in total. The summed E-state index contributed by atoms with van der Waals surface area (Å²) in [6, 6.07) is 1.23. The van der Waals surface area contributed by atoms with E-state index in [1.54, 1.807) is 0 Å². The Labute approximate surface area is 79.3 Å². The molecular weight excluding hydrogens is 194 g/mol. The maximum absolute atomic E-state index is 12.4. The molecule has 0 aliphatic rings. The molecule has 0 aliphatic heterocycles. The minimum atomic E-state index is -2.76. The van der Waals surface area contributed by atoms with Crippen molar-refractivity contribution in [2.45, 2.75) is 13.0 Å². The molecule has 0 atom stereocenters. The summed E-state index contributed by atoms with van der Waals surface area (Å²) in [6.45, 7) is -0.527. The average Bonchev–Trinajstić information content (AvgIpc) is 2.16. The van der Waals surface area contributed by atoms with Crippen molar-refractivity contribution in [3.8, 4) is 5.88 Å². The first-order chi connectivity index (χ1) is 6.60. The Morgan fingerprint density at radius 3 is 2.71 bits per heavy atom. The summed E-state index contributed by atoms with van der Waals surface area (Å²) in [5.74, 6) is -0.0579. The SMILES string of the molecule is COc1nc(C(F)F)c(CO)cc1N. The van der Waals surface area contributed by atoms with Crippen molar-refractivity contribution in [3.63, 3.8) is 0 Å². The fourth-order valence-corrected chi connectivity index (χ4v) is 1.05. The standard InChI is InChI=1S/C8H10F2N2O2/c1-14-8-5(11)2-4(3-13)6(12-8)7(9)10/h2,7,13H,3,11H2,1H3. The summed E-state index contributed by atoms with van der Waals surface area (Å²) in [7, 11) is 1.28. The maximum Gasteiger partial charge on any atom is 0.280 e. The van der Waals surface area contributed by atoms with Crippen LogP contribution in [0.25, 0.3) is 0 Å². The molecule has 14 heavy (non-hydrogen) atoms. The summed E-state index contributed by atoms with van der Waals surface area (Å²) < 4.78 is 29.5. The highest BCUT2D eigenvalue weighted by Gasteiger charge is 2.17. The molecule has 0 aliphatic carbocycles. The van der Waals surface area contributed by atoms with Crippen molar-refractivity contribution >= 4 is 5.69 Å². The Morgan fingerprint density at radius 1 is 1.64 bits per heavy atom. The van der Waals surface area contributed by atoms with Crippen LogP contribution in [0.5, 0.6) is 5.88 Å². The summed E-state index contributed by atoms with van der Waals surface area (Å²) in [5.41, 5.74) is 5.07. The number of halogens is 2. The minimum Gasteiger partial charge on any atom is -0.480 e. The van der Waals surface area contributed by atoms with Gasteiger partial charge in [-0.2, -0.15) is 0 Å². The van der Waals surface area contributed by atoms with Gasteiger partial charge in [-0.1, -0.05) is 0 Å². The fraction of sp³-hybridized carbons (Fsp3) is 0.375. The number of methoxy groups -OCH3 is 1. The topological polar surface area (TPSA) is 68.4 Å². The predicted molar refractivity (Wildman–Crippen MR) is 46.1 cm³/mol. The van der Waals surface area contributed by atoms with Crippen LogP contribution in [0.3, 0.4) is 0 Å². The molecule has 0 fully saturated rings. The van der Waals surface area contributed by atoms with Crippen molar-refractivity contribution < 1.29 is 18.6 Å². The number of ether oxygens (including phenoxy) is 1. The highest BCUT2D eigenvalue weighted by Crippen LogP contribution is 2.27. The Hall–Kier alpha value is -1.43. The molecule has 6 heteroatoms. The lowest BCUT2D eigenvalue weighted by Crippen LogP contribution is -2.04. The molecule has 78 valence electrons. The molecule has 1 aromatic rings. The fourth-order valence-electron chi connectivity index (χ4n) is 1.05. The maximum atomic E-state index is 12.4. The molecule has 1 aromatic heterocycles. The molecule has 4 nitrogen and oxygen atoms in total. The number of nitrogen functional groups attached to an aromatic ring is 1. The Bertz CT molecular complexity index is 331. The van der Waals surface area contributed by atoms with Gasteiger partial charge in [-0.25, -0.2) is 13.8 Å². The molecule has 1 rings (SSSR count). The second kappa shape index (κ2) is 4.19. The number of aromatic nitrogens is 1. The molecular formula is C8H10F2N2O2. The molecule has 0 unspecified atom stereocenters. The van der Waals surface area contributed by atoms with Gasteiger partial charge in [-0.3, -0.25) is 0 Å². The van der Waals surface area contributed by atoms with E-state index >= 15 is 0 Å².